The SMILES string of the molecule is COc1c(F)c(C(=O)O)c(F)c(OCc2ccccc2)c1OCc1ccccc1. The van der Waals surface area contributed by atoms with Gasteiger partial charge in [0.1, 0.15) is 18.8 Å². The van der Waals surface area contributed by atoms with Gasteiger partial charge in [-0.05, 0) is 11.1 Å². The van der Waals surface area contributed by atoms with Gasteiger partial charge in [-0.1, -0.05) is 60.7 Å². The highest BCUT2D eigenvalue weighted by Gasteiger charge is 2.31. The molecule has 0 radical (unpaired) electrons. The maximum absolute atomic E-state index is 14.9. The van der Waals surface area contributed by atoms with E-state index in [-0.39, 0.29) is 19.0 Å². The number of hydrogen-bond acceptors (Lipinski definition) is 4. The van der Waals surface area contributed by atoms with Crippen molar-refractivity contribution >= 4 is 5.97 Å². The maximum Gasteiger partial charge on any atom is 0.342 e. The molecule has 0 spiro atoms. The first kappa shape index (κ1) is 20.1. The van der Waals surface area contributed by atoms with Gasteiger partial charge in [-0.25, -0.2) is 13.6 Å². The van der Waals surface area contributed by atoms with E-state index in [1.807, 2.05) is 12.1 Å². The number of ether oxygens (including phenoxy) is 3. The second kappa shape index (κ2) is 9.05. The first-order chi connectivity index (χ1) is 14.0. The lowest BCUT2D eigenvalue weighted by molar-refractivity contribution is 0.0683. The van der Waals surface area contributed by atoms with Crippen LogP contribution >= 0.6 is 0 Å². The number of aromatic carboxylic acids is 1. The molecule has 0 aliphatic rings. The highest BCUT2D eigenvalue weighted by Crippen LogP contribution is 2.44. The number of carbonyl (C=O) groups is 1. The summed E-state index contributed by atoms with van der Waals surface area (Å²) in [5.74, 6) is -5.92. The van der Waals surface area contributed by atoms with Crippen molar-refractivity contribution in [2.45, 2.75) is 13.2 Å². The Hall–Kier alpha value is -3.61. The molecule has 3 aromatic carbocycles. The molecule has 150 valence electrons. The first-order valence-corrected chi connectivity index (χ1v) is 8.68. The smallest absolute Gasteiger partial charge is 0.342 e. The van der Waals surface area contributed by atoms with Crippen LogP contribution in [0.5, 0.6) is 17.2 Å². The van der Waals surface area contributed by atoms with Gasteiger partial charge >= 0.3 is 5.97 Å². The first-order valence-electron chi connectivity index (χ1n) is 8.68. The number of halogens is 2. The third-order valence-corrected chi connectivity index (χ3v) is 4.12. The molecule has 3 rings (SSSR count). The zero-order valence-corrected chi connectivity index (χ0v) is 15.5. The van der Waals surface area contributed by atoms with Crippen molar-refractivity contribution < 1.29 is 32.9 Å². The molecule has 0 atom stereocenters. The number of methoxy groups -OCH3 is 1. The summed E-state index contributed by atoms with van der Waals surface area (Å²) in [6.45, 7) is -0.0997. The topological polar surface area (TPSA) is 65.0 Å². The molecule has 7 heteroatoms. The summed E-state index contributed by atoms with van der Waals surface area (Å²) in [5.41, 5.74) is 0.282. The van der Waals surface area contributed by atoms with Gasteiger partial charge in [0.2, 0.25) is 17.2 Å². The van der Waals surface area contributed by atoms with Crippen molar-refractivity contribution in [2.24, 2.45) is 0 Å². The molecule has 0 aromatic heterocycles. The molecular formula is C22H18F2O5. The molecule has 3 aromatic rings. The van der Waals surface area contributed by atoms with Crippen LogP contribution in [0.2, 0.25) is 0 Å². The van der Waals surface area contributed by atoms with Crippen molar-refractivity contribution in [3.63, 3.8) is 0 Å². The summed E-state index contributed by atoms with van der Waals surface area (Å²) in [6, 6.07) is 17.8. The Kier molecular flexibility index (Phi) is 6.29. The molecule has 5 nitrogen and oxygen atoms in total. The predicted molar refractivity (Wildman–Crippen MR) is 101 cm³/mol. The fraction of sp³-hybridized carbons (Fsp3) is 0.136. The van der Waals surface area contributed by atoms with Crippen molar-refractivity contribution in [1.29, 1.82) is 0 Å². The van der Waals surface area contributed by atoms with Crippen molar-refractivity contribution in [1.82, 2.24) is 0 Å². The fourth-order valence-corrected chi connectivity index (χ4v) is 2.72. The second-order valence-electron chi connectivity index (χ2n) is 6.05. The molecule has 0 heterocycles. The van der Waals surface area contributed by atoms with E-state index in [4.69, 9.17) is 14.2 Å². The van der Waals surface area contributed by atoms with E-state index in [0.717, 1.165) is 12.7 Å². The Labute approximate surface area is 166 Å². The molecule has 0 unspecified atom stereocenters. The average Bonchev–Trinajstić information content (AvgIpc) is 2.73. The Morgan fingerprint density at radius 3 is 1.69 bits per heavy atom. The Morgan fingerprint density at radius 2 is 1.24 bits per heavy atom. The van der Waals surface area contributed by atoms with E-state index in [0.29, 0.717) is 5.56 Å². The van der Waals surface area contributed by atoms with Gasteiger partial charge in [0.15, 0.2) is 11.6 Å². The second-order valence-corrected chi connectivity index (χ2v) is 6.05. The summed E-state index contributed by atoms with van der Waals surface area (Å²) in [5, 5.41) is 9.24. The van der Waals surface area contributed by atoms with Crippen molar-refractivity contribution in [3.05, 3.63) is 89.0 Å². The highest BCUT2D eigenvalue weighted by molar-refractivity contribution is 5.90. The van der Waals surface area contributed by atoms with Crippen LogP contribution in [0.15, 0.2) is 60.7 Å². The van der Waals surface area contributed by atoms with Crippen LogP contribution in [0.25, 0.3) is 0 Å². The lowest BCUT2D eigenvalue weighted by Crippen LogP contribution is -2.12. The molecule has 0 aliphatic heterocycles. The van der Waals surface area contributed by atoms with E-state index in [2.05, 4.69) is 0 Å². The number of carboxylic acids is 1. The zero-order chi connectivity index (χ0) is 20.8. The monoisotopic (exact) mass is 400 g/mol. The molecule has 1 N–H and O–H groups in total. The molecule has 0 saturated heterocycles. The third-order valence-electron chi connectivity index (χ3n) is 4.12. The van der Waals surface area contributed by atoms with Gasteiger partial charge in [-0.2, -0.15) is 0 Å². The van der Waals surface area contributed by atoms with E-state index >= 15 is 0 Å². The van der Waals surface area contributed by atoms with Crippen LogP contribution in [-0.2, 0) is 13.2 Å². The molecule has 0 aliphatic carbocycles. The largest absolute Gasteiger partial charge is 0.490 e. The van der Waals surface area contributed by atoms with Gasteiger partial charge < -0.3 is 19.3 Å². The van der Waals surface area contributed by atoms with Crippen LogP contribution in [0, 0.1) is 11.6 Å². The fourth-order valence-electron chi connectivity index (χ4n) is 2.72. The van der Waals surface area contributed by atoms with Gasteiger partial charge in [0, 0.05) is 0 Å². The summed E-state index contributed by atoms with van der Waals surface area (Å²) >= 11 is 0. The van der Waals surface area contributed by atoms with Gasteiger partial charge in [0.05, 0.1) is 7.11 Å². The normalized spacial score (nSPS) is 10.4. The summed E-state index contributed by atoms with van der Waals surface area (Å²) in [7, 11) is 1.14. The van der Waals surface area contributed by atoms with E-state index in [1.165, 1.54) is 0 Å². The zero-order valence-electron chi connectivity index (χ0n) is 15.5. The number of hydrogen-bond donors (Lipinski definition) is 1. The van der Waals surface area contributed by atoms with Crippen LogP contribution in [0.3, 0.4) is 0 Å². The molecule has 0 bridgehead atoms. The Balaban J connectivity index is 2.03. The van der Waals surface area contributed by atoms with Crippen LogP contribution in [0.1, 0.15) is 21.5 Å². The van der Waals surface area contributed by atoms with E-state index in [9.17, 15) is 18.7 Å². The summed E-state index contributed by atoms with van der Waals surface area (Å²) < 4.78 is 45.7. The molecule has 29 heavy (non-hydrogen) atoms. The summed E-state index contributed by atoms with van der Waals surface area (Å²) in [6.07, 6.45) is 0. The Morgan fingerprint density at radius 1 is 0.793 bits per heavy atom. The third kappa shape index (κ3) is 4.45. The van der Waals surface area contributed by atoms with E-state index < -0.39 is 34.7 Å². The van der Waals surface area contributed by atoms with E-state index in [1.54, 1.807) is 48.5 Å². The maximum atomic E-state index is 14.9. The van der Waals surface area contributed by atoms with Crippen LogP contribution < -0.4 is 14.2 Å². The van der Waals surface area contributed by atoms with Gasteiger partial charge in [0.25, 0.3) is 0 Å². The lowest BCUT2D eigenvalue weighted by Gasteiger charge is -2.18. The highest BCUT2D eigenvalue weighted by atomic mass is 19.1. The van der Waals surface area contributed by atoms with Gasteiger partial charge in [-0.15, -0.1) is 0 Å². The standard InChI is InChI=1S/C22H18F2O5/c1-27-19-17(23)16(22(25)26)18(24)20(28-12-14-8-4-2-5-9-14)21(19)29-13-15-10-6-3-7-11-15/h2-11H,12-13H2,1H3,(H,25,26). The number of rotatable bonds is 8. The minimum absolute atomic E-state index is 0.0236. The number of benzene rings is 3. The predicted octanol–water partition coefficient (Wildman–Crippen LogP) is 4.83. The lowest BCUT2D eigenvalue weighted by atomic mass is 10.1. The van der Waals surface area contributed by atoms with Crippen LogP contribution in [0.4, 0.5) is 8.78 Å². The van der Waals surface area contributed by atoms with Gasteiger partial charge in [-0.3, -0.25) is 0 Å². The quantitative estimate of drug-likeness (QED) is 0.587. The molecule has 0 amide bonds. The average molecular weight is 400 g/mol. The van der Waals surface area contributed by atoms with Crippen molar-refractivity contribution in [2.75, 3.05) is 7.11 Å². The molecular weight excluding hydrogens is 382 g/mol. The molecule has 0 fully saturated rings. The summed E-state index contributed by atoms with van der Waals surface area (Å²) in [4.78, 5) is 11.4. The Bertz CT molecular complexity index is 991. The van der Waals surface area contributed by atoms with Crippen LogP contribution in [-0.4, -0.2) is 18.2 Å². The van der Waals surface area contributed by atoms with Crippen molar-refractivity contribution in [3.8, 4) is 17.2 Å². The number of carboxylic acid groups (broad SMARTS) is 1. The minimum Gasteiger partial charge on any atom is -0.490 e. The molecule has 0 saturated carbocycles. The minimum atomic E-state index is -1.78.